The number of amides is 1. The van der Waals surface area contributed by atoms with E-state index in [4.69, 9.17) is 4.74 Å². The summed E-state index contributed by atoms with van der Waals surface area (Å²) in [6.45, 7) is 2.44. The molecular formula is C14H14N2O3. The molecule has 0 aliphatic rings. The number of anilines is 1. The van der Waals surface area contributed by atoms with E-state index in [1.807, 2.05) is 6.92 Å². The van der Waals surface area contributed by atoms with Gasteiger partial charge in [0, 0.05) is 30.2 Å². The molecule has 0 fully saturated rings. The molecule has 2 aromatic rings. The molecule has 0 atom stereocenters. The molecule has 0 saturated carbocycles. The third-order valence-electron chi connectivity index (χ3n) is 2.47. The highest BCUT2D eigenvalue weighted by Gasteiger charge is 2.09. The first-order valence-corrected chi connectivity index (χ1v) is 5.92. The van der Waals surface area contributed by atoms with Crippen LogP contribution in [-0.4, -0.2) is 17.5 Å². The monoisotopic (exact) mass is 258 g/mol. The predicted molar refractivity (Wildman–Crippen MR) is 72.6 cm³/mol. The minimum Gasteiger partial charge on any atom is -0.494 e. The maximum absolute atomic E-state index is 11.9. The molecular weight excluding hydrogens is 244 g/mol. The van der Waals surface area contributed by atoms with Crippen LogP contribution in [0, 0.1) is 0 Å². The Morgan fingerprint density at radius 1 is 1.37 bits per heavy atom. The van der Waals surface area contributed by atoms with Gasteiger partial charge in [-0.25, -0.2) is 0 Å². The summed E-state index contributed by atoms with van der Waals surface area (Å²) in [6, 6.07) is 8.33. The van der Waals surface area contributed by atoms with Gasteiger partial charge in [-0.15, -0.1) is 0 Å². The van der Waals surface area contributed by atoms with Crippen LogP contribution < -0.4 is 15.5 Å². The van der Waals surface area contributed by atoms with Crippen LogP contribution in [0.1, 0.15) is 17.3 Å². The zero-order valence-electron chi connectivity index (χ0n) is 10.5. The van der Waals surface area contributed by atoms with Gasteiger partial charge in [0.2, 0.25) is 0 Å². The van der Waals surface area contributed by atoms with Crippen molar-refractivity contribution in [1.29, 1.82) is 0 Å². The van der Waals surface area contributed by atoms with Crippen molar-refractivity contribution >= 4 is 11.6 Å². The molecule has 2 rings (SSSR count). The number of carbonyl (C=O) groups is 1. The van der Waals surface area contributed by atoms with E-state index in [9.17, 15) is 9.59 Å². The van der Waals surface area contributed by atoms with Crippen LogP contribution in [0.15, 0.2) is 47.5 Å². The number of aromatic amines is 1. The molecule has 0 aliphatic heterocycles. The topological polar surface area (TPSA) is 71.2 Å². The second-order valence-corrected chi connectivity index (χ2v) is 3.84. The molecule has 0 aliphatic carbocycles. The molecule has 2 N–H and O–H groups in total. The normalized spacial score (nSPS) is 9.95. The number of H-pyrrole nitrogens is 1. The van der Waals surface area contributed by atoms with Crippen LogP contribution in [0.25, 0.3) is 0 Å². The molecule has 0 radical (unpaired) electrons. The van der Waals surface area contributed by atoms with Crippen molar-refractivity contribution in [3.8, 4) is 5.75 Å². The molecule has 0 saturated heterocycles. The first kappa shape index (κ1) is 12.9. The Labute approximate surface area is 110 Å². The highest BCUT2D eigenvalue weighted by atomic mass is 16.5. The van der Waals surface area contributed by atoms with Gasteiger partial charge in [0.1, 0.15) is 11.3 Å². The van der Waals surface area contributed by atoms with Crippen molar-refractivity contribution in [2.75, 3.05) is 11.9 Å². The summed E-state index contributed by atoms with van der Waals surface area (Å²) in [5.74, 6) is 0.220. The summed E-state index contributed by atoms with van der Waals surface area (Å²) in [5.41, 5.74) is 0.334. The summed E-state index contributed by atoms with van der Waals surface area (Å²) in [6.07, 6.45) is 2.86. The fourth-order valence-corrected chi connectivity index (χ4v) is 1.62. The van der Waals surface area contributed by atoms with Gasteiger partial charge in [-0.3, -0.25) is 9.59 Å². The van der Waals surface area contributed by atoms with Crippen LogP contribution in [0.4, 0.5) is 5.69 Å². The van der Waals surface area contributed by atoms with Gasteiger partial charge in [0.25, 0.3) is 5.91 Å². The van der Waals surface area contributed by atoms with E-state index in [2.05, 4.69) is 10.3 Å². The summed E-state index contributed by atoms with van der Waals surface area (Å²) < 4.78 is 5.34. The summed E-state index contributed by atoms with van der Waals surface area (Å²) >= 11 is 0. The Bertz CT molecular complexity index is 634. The average molecular weight is 258 g/mol. The molecule has 1 amide bonds. The molecule has 98 valence electrons. The lowest BCUT2D eigenvalue weighted by Crippen LogP contribution is -2.20. The third kappa shape index (κ3) is 3.22. The molecule has 0 unspecified atom stereocenters. The van der Waals surface area contributed by atoms with E-state index in [1.165, 1.54) is 18.5 Å². The van der Waals surface area contributed by atoms with Gasteiger partial charge >= 0.3 is 0 Å². The molecule has 1 aromatic heterocycles. The largest absolute Gasteiger partial charge is 0.494 e. The van der Waals surface area contributed by atoms with Gasteiger partial charge in [-0.05, 0) is 19.1 Å². The highest BCUT2D eigenvalue weighted by Crippen LogP contribution is 2.17. The van der Waals surface area contributed by atoms with Gasteiger partial charge in [0.15, 0.2) is 5.43 Å². The van der Waals surface area contributed by atoms with Crippen LogP contribution in [0.2, 0.25) is 0 Å². The third-order valence-corrected chi connectivity index (χ3v) is 2.47. The number of hydrogen-bond donors (Lipinski definition) is 2. The van der Waals surface area contributed by atoms with Gasteiger partial charge in [-0.1, -0.05) is 6.07 Å². The van der Waals surface area contributed by atoms with Crippen molar-refractivity contribution < 1.29 is 9.53 Å². The summed E-state index contributed by atoms with van der Waals surface area (Å²) in [7, 11) is 0. The first-order chi connectivity index (χ1) is 9.20. The van der Waals surface area contributed by atoms with Crippen LogP contribution in [-0.2, 0) is 0 Å². The first-order valence-electron chi connectivity index (χ1n) is 5.92. The summed E-state index contributed by atoms with van der Waals surface area (Å²) in [5, 5.41) is 2.66. The number of ether oxygens (including phenoxy) is 1. The average Bonchev–Trinajstić information content (AvgIpc) is 2.40. The van der Waals surface area contributed by atoms with Gasteiger partial charge in [-0.2, -0.15) is 0 Å². The molecule has 19 heavy (non-hydrogen) atoms. The van der Waals surface area contributed by atoms with Crippen LogP contribution in [0.5, 0.6) is 5.75 Å². The molecule has 1 aromatic carbocycles. The molecule has 1 heterocycles. The number of aromatic nitrogens is 1. The standard InChI is InChI=1S/C14H14N2O3/c1-2-19-11-5-3-4-10(8-11)16-14(18)12-9-15-7-6-13(12)17/h3-9H,2H2,1H3,(H,15,17)(H,16,18). The van der Waals surface area contributed by atoms with Gasteiger partial charge in [0.05, 0.1) is 6.61 Å². The fourth-order valence-electron chi connectivity index (χ4n) is 1.62. The number of hydrogen-bond acceptors (Lipinski definition) is 3. The lowest BCUT2D eigenvalue weighted by molar-refractivity contribution is 0.102. The Kier molecular flexibility index (Phi) is 3.97. The Morgan fingerprint density at radius 3 is 2.95 bits per heavy atom. The zero-order valence-corrected chi connectivity index (χ0v) is 10.5. The molecule has 0 spiro atoms. The lowest BCUT2D eigenvalue weighted by atomic mass is 10.2. The Balaban J connectivity index is 2.17. The molecule has 5 nitrogen and oxygen atoms in total. The van der Waals surface area contributed by atoms with E-state index in [1.54, 1.807) is 24.3 Å². The fraction of sp³-hybridized carbons (Fsp3) is 0.143. The second kappa shape index (κ2) is 5.86. The smallest absolute Gasteiger partial charge is 0.261 e. The molecule has 5 heteroatoms. The number of nitrogens with one attached hydrogen (secondary N) is 2. The van der Waals surface area contributed by atoms with Crippen molar-refractivity contribution in [3.05, 3.63) is 58.5 Å². The number of carbonyl (C=O) groups excluding carboxylic acids is 1. The maximum Gasteiger partial charge on any atom is 0.261 e. The van der Waals surface area contributed by atoms with Crippen molar-refractivity contribution in [1.82, 2.24) is 4.98 Å². The maximum atomic E-state index is 11.9. The van der Waals surface area contributed by atoms with Crippen molar-refractivity contribution in [2.45, 2.75) is 6.92 Å². The van der Waals surface area contributed by atoms with E-state index in [0.29, 0.717) is 18.0 Å². The van der Waals surface area contributed by atoms with Crippen LogP contribution >= 0.6 is 0 Å². The number of pyridine rings is 1. The minimum atomic E-state index is -0.449. The predicted octanol–water partition coefficient (Wildman–Crippen LogP) is 2.03. The summed E-state index contributed by atoms with van der Waals surface area (Å²) in [4.78, 5) is 26.2. The molecule has 0 bridgehead atoms. The number of rotatable bonds is 4. The van der Waals surface area contributed by atoms with Gasteiger partial charge < -0.3 is 15.0 Å². The van der Waals surface area contributed by atoms with E-state index >= 15 is 0 Å². The van der Waals surface area contributed by atoms with E-state index in [-0.39, 0.29) is 11.0 Å². The second-order valence-electron chi connectivity index (χ2n) is 3.84. The zero-order chi connectivity index (χ0) is 13.7. The Morgan fingerprint density at radius 2 is 2.21 bits per heavy atom. The lowest BCUT2D eigenvalue weighted by Gasteiger charge is -2.07. The van der Waals surface area contributed by atoms with E-state index < -0.39 is 5.91 Å². The minimum absolute atomic E-state index is 0.0734. The van der Waals surface area contributed by atoms with Crippen LogP contribution in [0.3, 0.4) is 0 Å². The quantitative estimate of drug-likeness (QED) is 0.881. The van der Waals surface area contributed by atoms with Crippen molar-refractivity contribution in [2.24, 2.45) is 0 Å². The Hall–Kier alpha value is -2.56. The number of benzene rings is 1. The SMILES string of the molecule is CCOc1cccc(NC(=O)c2c[nH]ccc2=O)c1. The van der Waals surface area contributed by atoms with E-state index in [0.717, 1.165) is 0 Å². The highest BCUT2D eigenvalue weighted by molar-refractivity contribution is 6.04. The van der Waals surface area contributed by atoms with Crippen molar-refractivity contribution in [3.63, 3.8) is 0 Å².